The Hall–Kier alpha value is -3.35. The van der Waals surface area contributed by atoms with E-state index in [4.69, 9.17) is 9.57 Å². The van der Waals surface area contributed by atoms with Crippen molar-refractivity contribution in [1.82, 2.24) is 4.90 Å². The van der Waals surface area contributed by atoms with Crippen LogP contribution >= 0.6 is 0 Å². The van der Waals surface area contributed by atoms with E-state index in [-0.39, 0.29) is 18.4 Å². The highest BCUT2D eigenvalue weighted by Gasteiger charge is 2.35. The zero-order valence-corrected chi connectivity index (χ0v) is 16.3. The molecule has 7 nitrogen and oxygen atoms in total. The first-order valence-electron chi connectivity index (χ1n) is 9.63. The molecule has 2 aromatic carbocycles. The first kappa shape index (κ1) is 19.0. The Kier molecular flexibility index (Phi) is 5.46. The molecule has 0 saturated carbocycles. The van der Waals surface area contributed by atoms with Crippen LogP contribution in [-0.4, -0.2) is 55.3 Å². The lowest BCUT2D eigenvalue weighted by Gasteiger charge is -2.35. The number of nitrogens with zero attached hydrogens (tertiary/aromatic N) is 3. The Labute approximate surface area is 169 Å². The molecule has 150 valence electrons. The maximum atomic E-state index is 12.8. The number of para-hydroxylation sites is 1. The smallest absolute Gasteiger partial charge is 0.267 e. The highest BCUT2D eigenvalue weighted by molar-refractivity contribution is 6.00. The normalized spacial score (nSPS) is 19.0. The number of carbonyl (C=O) groups is 2. The molecule has 2 amide bonds. The molecule has 4 rings (SSSR count). The number of ether oxygens (including phenoxy) is 1. The van der Waals surface area contributed by atoms with E-state index < -0.39 is 6.10 Å². The van der Waals surface area contributed by atoms with Gasteiger partial charge in [-0.05, 0) is 29.8 Å². The van der Waals surface area contributed by atoms with Gasteiger partial charge < -0.3 is 19.4 Å². The maximum absolute atomic E-state index is 12.8. The van der Waals surface area contributed by atoms with E-state index in [9.17, 15) is 9.59 Å². The Morgan fingerprint density at radius 3 is 2.76 bits per heavy atom. The molecule has 7 heteroatoms. The van der Waals surface area contributed by atoms with E-state index in [1.54, 1.807) is 16.9 Å². The third-order valence-electron chi connectivity index (χ3n) is 5.15. The van der Waals surface area contributed by atoms with Gasteiger partial charge in [0, 0.05) is 31.6 Å². The summed E-state index contributed by atoms with van der Waals surface area (Å²) in [5.74, 6) is 0.506. The second-order valence-electron chi connectivity index (χ2n) is 7.12. The summed E-state index contributed by atoms with van der Waals surface area (Å²) >= 11 is 0. The van der Waals surface area contributed by atoms with Crippen molar-refractivity contribution in [3.63, 3.8) is 0 Å². The van der Waals surface area contributed by atoms with Gasteiger partial charge in [0.05, 0.1) is 12.8 Å². The minimum absolute atomic E-state index is 0.0544. The van der Waals surface area contributed by atoms with Crippen molar-refractivity contribution < 1.29 is 19.2 Å². The molecule has 2 aromatic rings. The molecule has 0 radical (unpaired) electrons. The quantitative estimate of drug-likeness (QED) is 0.781. The van der Waals surface area contributed by atoms with Crippen molar-refractivity contribution in [2.24, 2.45) is 5.16 Å². The average molecular weight is 393 g/mol. The summed E-state index contributed by atoms with van der Waals surface area (Å²) in [6.07, 6.45) is 0.372. The monoisotopic (exact) mass is 393 g/mol. The van der Waals surface area contributed by atoms with E-state index in [0.29, 0.717) is 25.9 Å². The second kappa shape index (κ2) is 8.34. The van der Waals surface area contributed by atoms with Crippen molar-refractivity contribution in [3.8, 4) is 5.75 Å². The number of amides is 2. The SMILES string of the molecule is COc1cccc(CC2=NOC(C(=O)N3CCN(c4ccccc4)C(=O)C3)C2)c1. The van der Waals surface area contributed by atoms with Crippen LogP contribution in [0, 0.1) is 0 Å². The number of hydrogen-bond donors (Lipinski definition) is 0. The summed E-state index contributed by atoms with van der Waals surface area (Å²) in [6, 6.07) is 17.2. The lowest BCUT2D eigenvalue weighted by molar-refractivity contribution is -0.145. The Morgan fingerprint density at radius 1 is 1.17 bits per heavy atom. The number of methoxy groups -OCH3 is 1. The van der Waals surface area contributed by atoms with Gasteiger partial charge in [0.1, 0.15) is 12.3 Å². The highest BCUT2D eigenvalue weighted by Crippen LogP contribution is 2.21. The Bertz CT molecular complexity index is 929. The molecule has 2 aliphatic rings. The van der Waals surface area contributed by atoms with E-state index in [0.717, 1.165) is 22.7 Å². The Morgan fingerprint density at radius 2 is 2.00 bits per heavy atom. The van der Waals surface area contributed by atoms with Gasteiger partial charge >= 0.3 is 0 Å². The maximum Gasteiger partial charge on any atom is 0.267 e. The van der Waals surface area contributed by atoms with E-state index in [1.165, 1.54) is 0 Å². The fraction of sp³-hybridized carbons (Fsp3) is 0.318. The largest absolute Gasteiger partial charge is 0.497 e. The molecule has 1 unspecified atom stereocenters. The van der Waals surface area contributed by atoms with Crippen LogP contribution in [0.3, 0.4) is 0 Å². The summed E-state index contributed by atoms with van der Waals surface area (Å²) in [7, 11) is 1.63. The number of benzene rings is 2. The summed E-state index contributed by atoms with van der Waals surface area (Å²) in [5.41, 5.74) is 2.71. The van der Waals surface area contributed by atoms with Gasteiger partial charge in [-0.3, -0.25) is 9.59 Å². The lowest BCUT2D eigenvalue weighted by atomic mass is 10.0. The molecule has 1 saturated heterocycles. The molecule has 0 spiro atoms. The molecule has 0 bridgehead atoms. The molecule has 2 heterocycles. The summed E-state index contributed by atoms with van der Waals surface area (Å²) in [4.78, 5) is 34.0. The standard InChI is InChI=1S/C22H23N3O4/c1-28-19-9-5-6-16(13-19)12-17-14-20(29-23-17)22(27)24-10-11-25(21(26)15-24)18-7-3-2-4-8-18/h2-9,13,20H,10-12,14-15H2,1H3. The molecule has 0 aromatic heterocycles. The molecular formula is C22H23N3O4. The lowest BCUT2D eigenvalue weighted by Crippen LogP contribution is -2.54. The molecule has 2 aliphatic heterocycles. The van der Waals surface area contributed by atoms with Crippen LogP contribution in [0.4, 0.5) is 5.69 Å². The first-order chi connectivity index (χ1) is 14.1. The van der Waals surface area contributed by atoms with Gasteiger partial charge in [0.25, 0.3) is 5.91 Å². The number of carbonyl (C=O) groups excluding carboxylic acids is 2. The van der Waals surface area contributed by atoms with Crippen LogP contribution in [0.2, 0.25) is 0 Å². The van der Waals surface area contributed by atoms with Crippen molar-refractivity contribution in [2.45, 2.75) is 18.9 Å². The zero-order valence-electron chi connectivity index (χ0n) is 16.3. The fourth-order valence-corrected chi connectivity index (χ4v) is 3.63. The first-order valence-corrected chi connectivity index (χ1v) is 9.63. The van der Waals surface area contributed by atoms with Gasteiger partial charge in [0.15, 0.2) is 0 Å². The topological polar surface area (TPSA) is 71.4 Å². The minimum Gasteiger partial charge on any atom is -0.497 e. The summed E-state index contributed by atoms with van der Waals surface area (Å²) in [6.45, 7) is 1.00. The molecule has 0 N–H and O–H groups in total. The van der Waals surface area contributed by atoms with Crippen LogP contribution < -0.4 is 9.64 Å². The van der Waals surface area contributed by atoms with Gasteiger partial charge in [-0.2, -0.15) is 0 Å². The number of piperazine rings is 1. The van der Waals surface area contributed by atoms with Crippen LogP contribution in [0.15, 0.2) is 59.8 Å². The zero-order chi connectivity index (χ0) is 20.2. The van der Waals surface area contributed by atoms with Crippen molar-refractivity contribution in [3.05, 3.63) is 60.2 Å². The van der Waals surface area contributed by atoms with Crippen molar-refractivity contribution >= 4 is 23.2 Å². The predicted molar refractivity (Wildman–Crippen MR) is 109 cm³/mol. The summed E-state index contributed by atoms with van der Waals surface area (Å²) < 4.78 is 5.24. The molecule has 1 fully saturated rings. The number of oxime groups is 1. The summed E-state index contributed by atoms with van der Waals surface area (Å²) in [5, 5.41) is 4.10. The van der Waals surface area contributed by atoms with Gasteiger partial charge in [0.2, 0.25) is 12.0 Å². The molecule has 29 heavy (non-hydrogen) atoms. The highest BCUT2D eigenvalue weighted by atomic mass is 16.6. The van der Waals surface area contributed by atoms with Crippen LogP contribution in [0.5, 0.6) is 5.75 Å². The van der Waals surface area contributed by atoms with Crippen molar-refractivity contribution in [1.29, 1.82) is 0 Å². The third kappa shape index (κ3) is 4.23. The minimum atomic E-state index is -0.660. The molecular weight excluding hydrogens is 370 g/mol. The van der Waals surface area contributed by atoms with E-state index in [2.05, 4.69) is 5.16 Å². The number of anilines is 1. The van der Waals surface area contributed by atoms with Gasteiger partial charge in [-0.15, -0.1) is 0 Å². The number of hydrogen-bond acceptors (Lipinski definition) is 5. The molecule has 0 aliphatic carbocycles. The van der Waals surface area contributed by atoms with Crippen molar-refractivity contribution in [2.75, 3.05) is 31.6 Å². The average Bonchev–Trinajstić information content (AvgIpc) is 3.22. The van der Waals surface area contributed by atoms with Crippen LogP contribution in [0.25, 0.3) is 0 Å². The Balaban J connectivity index is 1.32. The second-order valence-corrected chi connectivity index (χ2v) is 7.12. The van der Waals surface area contributed by atoms with Crippen LogP contribution in [0.1, 0.15) is 12.0 Å². The van der Waals surface area contributed by atoms with E-state index >= 15 is 0 Å². The fourth-order valence-electron chi connectivity index (χ4n) is 3.63. The van der Waals surface area contributed by atoms with Gasteiger partial charge in [-0.25, -0.2) is 0 Å². The third-order valence-corrected chi connectivity index (χ3v) is 5.15. The van der Waals surface area contributed by atoms with Crippen LogP contribution in [-0.2, 0) is 20.8 Å². The number of rotatable bonds is 5. The predicted octanol–water partition coefficient (Wildman–Crippen LogP) is 2.26. The van der Waals surface area contributed by atoms with Gasteiger partial charge in [-0.1, -0.05) is 35.5 Å². The van der Waals surface area contributed by atoms with E-state index in [1.807, 2.05) is 54.6 Å². The molecule has 1 atom stereocenters.